The number of aromatic carboxylic acids is 1. The third-order valence-corrected chi connectivity index (χ3v) is 3.77. The number of rotatable bonds is 4. The Hall–Kier alpha value is -2.11. The fraction of sp³-hybridized carbons (Fsp3) is 0.500. The minimum atomic E-state index is -1.08. The van der Waals surface area contributed by atoms with Gasteiger partial charge in [-0.25, -0.2) is 4.79 Å². The van der Waals surface area contributed by atoms with Crippen LogP contribution in [-0.2, 0) is 0 Å². The van der Waals surface area contributed by atoms with Crippen molar-refractivity contribution in [1.82, 2.24) is 0 Å². The van der Waals surface area contributed by atoms with Crippen LogP contribution in [0.5, 0.6) is 0 Å². The van der Waals surface area contributed by atoms with E-state index in [2.05, 4.69) is 19.2 Å². The third kappa shape index (κ3) is 3.07. The highest BCUT2D eigenvalue weighted by Gasteiger charge is 2.31. The second kappa shape index (κ2) is 5.11. The summed E-state index contributed by atoms with van der Waals surface area (Å²) in [6, 6.07) is 3.95. The predicted octanol–water partition coefficient (Wildman–Crippen LogP) is 3.28. The molecule has 0 aromatic heterocycles. The van der Waals surface area contributed by atoms with Crippen LogP contribution in [-0.4, -0.2) is 22.0 Å². The van der Waals surface area contributed by atoms with Crippen LogP contribution in [0.15, 0.2) is 18.2 Å². The van der Waals surface area contributed by atoms with E-state index < -0.39 is 10.9 Å². The van der Waals surface area contributed by atoms with Gasteiger partial charge in [0, 0.05) is 18.2 Å². The first-order valence-electron chi connectivity index (χ1n) is 6.57. The first kappa shape index (κ1) is 14.3. The second-order valence-corrected chi connectivity index (χ2v) is 6.04. The maximum absolute atomic E-state index is 11.2. The average Bonchev–Trinajstić information content (AvgIpc) is 2.68. The van der Waals surface area contributed by atoms with Gasteiger partial charge in [-0.1, -0.05) is 13.8 Å². The zero-order valence-electron chi connectivity index (χ0n) is 11.5. The summed E-state index contributed by atoms with van der Waals surface area (Å²) in [6.07, 6.45) is 2.92. The van der Waals surface area contributed by atoms with E-state index in [1.807, 2.05) is 0 Å². The van der Waals surface area contributed by atoms with E-state index in [9.17, 15) is 14.9 Å². The van der Waals surface area contributed by atoms with Crippen molar-refractivity contribution in [2.45, 2.75) is 39.2 Å². The summed E-state index contributed by atoms with van der Waals surface area (Å²) >= 11 is 0. The lowest BCUT2D eigenvalue weighted by Crippen LogP contribution is -2.19. The number of benzene rings is 1. The number of hydrogen-bond donors (Lipinski definition) is 2. The molecule has 6 heteroatoms. The van der Waals surface area contributed by atoms with Gasteiger partial charge >= 0.3 is 5.97 Å². The van der Waals surface area contributed by atoms with E-state index in [1.165, 1.54) is 18.2 Å². The first-order valence-corrected chi connectivity index (χ1v) is 6.57. The summed E-state index contributed by atoms with van der Waals surface area (Å²) in [6.45, 7) is 4.33. The summed E-state index contributed by atoms with van der Waals surface area (Å²) in [5.74, 6) is -1.08. The zero-order chi connectivity index (χ0) is 14.9. The number of nitrogens with zero attached hydrogens (tertiary/aromatic N) is 1. The molecule has 0 heterocycles. The quantitative estimate of drug-likeness (QED) is 0.651. The Kier molecular flexibility index (Phi) is 3.65. The summed E-state index contributed by atoms with van der Waals surface area (Å²) in [5, 5.41) is 23.1. The van der Waals surface area contributed by atoms with Gasteiger partial charge in [0.05, 0.1) is 16.2 Å². The van der Waals surface area contributed by atoms with Gasteiger partial charge in [0.15, 0.2) is 0 Å². The molecule has 0 bridgehead atoms. The van der Waals surface area contributed by atoms with Crippen LogP contribution < -0.4 is 5.32 Å². The van der Waals surface area contributed by atoms with Gasteiger partial charge in [0.25, 0.3) is 5.69 Å². The van der Waals surface area contributed by atoms with Gasteiger partial charge in [0.1, 0.15) is 0 Å². The number of anilines is 1. The Bertz CT molecular complexity index is 554. The molecular formula is C14H18N2O4. The lowest BCUT2D eigenvalue weighted by molar-refractivity contribution is -0.384. The van der Waals surface area contributed by atoms with Gasteiger partial charge in [-0.15, -0.1) is 0 Å². The summed E-state index contributed by atoms with van der Waals surface area (Å²) in [5.41, 5.74) is 0.520. The summed E-state index contributed by atoms with van der Waals surface area (Å²) < 4.78 is 0. The number of hydrogen-bond acceptors (Lipinski definition) is 4. The topological polar surface area (TPSA) is 92.5 Å². The van der Waals surface area contributed by atoms with Gasteiger partial charge < -0.3 is 10.4 Å². The van der Waals surface area contributed by atoms with Crippen LogP contribution in [0.3, 0.4) is 0 Å². The van der Waals surface area contributed by atoms with Crippen LogP contribution >= 0.6 is 0 Å². The van der Waals surface area contributed by atoms with Crippen molar-refractivity contribution in [2.24, 2.45) is 5.41 Å². The maximum Gasteiger partial charge on any atom is 0.337 e. The molecule has 2 N–H and O–H groups in total. The van der Waals surface area contributed by atoms with Crippen LogP contribution in [0.25, 0.3) is 0 Å². The van der Waals surface area contributed by atoms with Crippen molar-refractivity contribution in [3.05, 3.63) is 33.9 Å². The van der Waals surface area contributed by atoms with E-state index in [0.717, 1.165) is 19.3 Å². The molecule has 108 valence electrons. The maximum atomic E-state index is 11.2. The number of carbonyl (C=O) groups is 1. The fourth-order valence-electron chi connectivity index (χ4n) is 2.73. The van der Waals surface area contributed by atoms with Crippen molar-refractivity contribution in [3.63, 3.8) is 0 Å². The van der Waals surface area contributed by atoms with E-state index in [0.29, 0.717) is 5.69 Å². The molecule has 0 radical (unpaired) electrons. The molecule has 1 aromatic rings. The smallest absolute Gasteiger partial charge is 0.337 e. The van der Waals surface area contributed by atoms with E-state index in [-0.39, 0.29) is 22.7 Å². The number of nitrogens with one attached hydrogen (secondary N) is 1. The standard InChI is InChI=1S/C14H18N2O4/c1-14(2)6-5-9(8-14)15-12-7-10(16(19)20)3-4-11(12)13(17)18/h3-4,7,9,15H,5-6,8H2,1-2H3,(H,17,18). The van der Waals surface area contributed by atoms with Crippen molar-refractivity contribution in [3.8, 4) is 0 Å². The molecule has 1 fully saturated rings. The highest BCUT2D eigenvalue weighted by molar-refractivity contribution is 5.94. The van der Waals surface area contributed by atoms with Gasteiger partial charge in [0.2, 0.25) is 0 Å². The highest BCUT2D eigenvalue weighted by Crippen LogP contribution is 2.39. The Morgan fingerprint density at radius 1 is 1.50 bits per heavy atom. The molecule has 1 unspecified atom stereocenters. The zero-order valence-corrected chi connectivity index (χ0v) is 11.5. The molecule has 0 aliphatic heterocycles. The molecule has 6 nitrogen and oxygen atoms in total. The highest BCUT2D eigenvalue weighted by atomic mass is 16.6. The molecule has 2 rings (SSSR count). The minimum Gasteiger partial charge on any atom is -0.478 e. The monoisotopic (exact) mass is 278 g/mol. The number of non-ortho nitro benzene ring substituents is 1. The Morgan fingerprint density at radius 3 is 2.70 bits per heavy atom. The van der Waals surface area contributed by atoms with E-state index in [1.54, 1.807) is 0 Å². The molecule has 0 spiro atoms. The largest absolute Gasteiger partial charge is 0.478 e. The van der Waals surface area contributed by atoms with Gasteiger partial charge in [-0.3, -0.25) is 10.1 Å². The number of nitro groups is 1. The minimum absolute atomic E-state index is 0.0697. The molecule has 0 saturated heterocycles. The molecule has 20 heavy (non-hydrogen) atoms. The molecule has 1 aliphatic rings. The molecular weight excluding hydrogens is 260 g/mol. The molecule has 1 saturated carbocycles. The predicted molar refractivity (Wildman–Crippen MR) is 75.1 cm³/mol. The van der Waals surface area contributed by atoms with E-state index in [4.69, 9.17) is 5.11 Å². The molecule has 1 aliphatic carbocycles. The number of nitro benzene ring substituents is 1. The van der Waals surface area contributed by atoms with Crippen LogP contribution in [0.2, 0.25) is 0 Å². The normalized spacial score (nSPS) is 20.6. The second-order valence-electron chi connectivity index (χ2n) is 6.04. The number of carboxylic acid groups (broad SMARTS) is 1. The number of carboxylic acids is 1. The van der Waals surface area contributed by atoms with Crippen molar-refractivity contribution < 1.29 is 14.8 Å². The Labute approximate surface area is 117 Å². The van der Waals surface area contributed by atoms with Crippen molar-refractivity contribution in [1.29, 1.82) is 0 Å². The Balaban J connectivity index is 2.26. The first-order chi connectivity index (χ1) is 9.28. The summed E-state index contributed by atoms with van der Waals surface area (Å²) in [4.78, 5) is 21.5. The molecule has 1 aromatic carbocycles. The van der Waals surface area contributed by atoms with Crippen LogP contribution in [0, 0.1) is 15.5 Å². The SMILES string of the molecule is CC1(C)CCC(Nc2cc([N+](=O)[O-])ccc2C(=O)O)C1. The van der Waals surface area contributed by atoms with Crippen LogP contribution in [0.4, 0.5) is 11.4 Å². The van der Waals surface area contributed by atoms with Crippen molar-refractivity contribution in [2.75, 3.05) is 5.32 Å². The van der Waals surface area contributed by atoms with E-state index >= 15 is 0 Å². The Morgan fingerprint density at radius 2 is 2.20 bits per heavy atom. The van der Waals surface area contributed by atoms with Gasteiger partial charge in [-0.2, -0.15) is 0 Å². The average molecular weight is 278 g/mol. The molecule has 0 amide bonds. The molecule has 1 atom stereocenters. The lowest BCUT2D eigenvalue weighted by Gasteiger charge is -2.19. The van der Waals surface area contributed by atoms with Crippen molar-refractivity contribution >= 4 is 17.3 Å². The lowest BCUT2D eigenvalue weighted by atomic mass is 9.92. The summed E-state index contributed by atoms with van der Waals surface area (Å²) in [7, 11) is 0. The third-order valence-electron chi connectivity index (χ3n) is 3.77. The van der Waals surface area contributed by atoms with Gasteiger partial charge in [-0.05, 0) is 30.7 Å². The van der Waals surface area contributed by atoms with Crippen LogP contribution in [0.1, 0.15) is 43.5 Å². The fourth-order valence-corrected chi connectivity index (χ4v) is 2.73.